The molecular weight excluding hydrogens is 283 g/mol. The van der Waals surface area contributed by atoms with E-state index in [9.17, 15) is 0 Å². The molecule has 0 saturated heterocycles. The highest BCUT2D eigenvalue weighted by Crippen LogP contribution is 2.36. The van der Waals surface area contributed by atoms with Crippen LogP contribution in [0, 0.1) is 18.3 Å². The van der Waals surface area contributed by atoms with E-state index >= 15 is 0 Å². The Morgan fingerprint density at radius 3 is 2.47 bits per heavy atom. The van der Waals surface area contributed by atoms with Crippen LogP contribution in [0.25, 0.3) is 0 Å². The SMILES string of the molecule is Cc1ccc(C#N)cc1Oc1cc(Cl)c(Cl)cc1N. The number of hydrogen-bond acceptors (Lipinski definition) is 3. The van der Waals surface area contributed by atoms with Crippen molar-refractivity contribution >= 4 is 28.9 Å². The van der Waals surface area contributed by atoms with Crippen LogP contribution in [0.3, 0.4) is 0 Å². The lowest BCUT2D eigenvalue weighted by atomic mass is 10.1. The molecule has 0 amide bonds. The summed E-state index contributed by atoms with van der Waals surface area (Å²) in [6.45, 7) is 1.88. The molecule has 0 fully saturated rings. The first kappa shape index (κ1) is 13.5. The Labute approximate surface area is 121 Å². The smallest absolute Gasteiger partial charge is 0.151 e. The van der Waals surface area contributed by atoms with E-state index < -0.39 is 0 Å². The third-order valence-corrected chi connectivity index (χ3v) is 3.31. The highest BCUT2D eigenvalue weighted by Gasteiger charge is 2.09. The van der Waals surface area contributed by atoms with Gasteiger partial charge in [0.2, 0.25) is 0 Å². The quantitative estimate of drug-likeness (QED) is 0.826. The van der Waals surface area contributed by atoms with Crippen LogP contribution in [0.15, 0.2) is 30.3 Å². The van der Waals surface area contributed by atoms with Crippen molar-refractivity contribution in [1.82, 2.24) is 0 Å². The molecule has 0 aliphatic carbocycles. The maximum atomic E-state index is 8.89. The van der Waals surface area contributed by atoms with Crippen molar-refractivity contribution in [2.75, 3.05) is 5.73 Å². The van der Waals surface area contributed by atoms with Crippen molar-refractivity contribution in [2.24, 2.45) is 0 Å². The normalized spacial score (nSPS) is 10.0. The number of nitrogens with zero attached hydrogens (tertiary/aromatic N) is 1. The fourth-order valence-electron chi connectivity index (χ4n) is 1.53. The van der Waals surface area contributed by atoms with E-state index in [1.807, 2.05) is 13.0 Å². The summed E-state index contributed by atoms with van der Waals surface area (Å²) in [5.74, 6) is 0.969. The van der Waals surface area contributed by atoms with Crippen molar-refractivity contribution in [1.29, 1.82) is 5.26 Å². The van der Waals surface area contributed by atoms with Gasteiger partial charge in [0.15, 0.2) is 5.75 Å². The van der Waals surface area contributed by atoms with E-state index in [2.05, 4.69) is 6.07 Å². The predicted molar refractivity (Wildman–Crippen MR) is 76.8 cm³/mol. The summed E-state index contributed by atoms with van der Waals surface area (Å²) < 4.78 is 5.70. The van der Waals surface area contributed by atoms with Gasteiger partial charge < -0.3 is 10.5 Å². The van der Waals surface area contributed by atoms with E-state index in [0.717, 1.165) is 5.56 Å². The average Bonchev–Trinajstić information content (AvgIpc) is 2.38. The van der Waals surface area contributed by atoms with Crippen LogP contribution < -0.4 is 10.5 Å². The minimum Gasteiger partial charge on any atom is -0.455 e. The molecule has 0 bridgehead atoms. The first-order valence-electron chi connectivity index (χ1n) is 5.44. The Morgan fingerprint density at radius 1 is 1.11 bits per heavy atom. The zero-order chi connectivity index (χ0) is 14.0. The topological polar surface area (TPSA) is 59.0 Å². The Bertz CT molecular complexity index is 678. The Morgan fingerprint density at radius 2 is 1.79 bits per heavy atom. The first-order valence-corrected chi connectivity index (χ1v) is 6.20. The fraction of sp³-hybridized carbons (Fsp3) is 0.0714. The van der Waals surface area contributed by atoms with Crippen molar-refractivity contribution in [2.45, 2.75) is 6.92 Å². The number of nitriles is 1. The van der Waals surface area contributed by atoms with E-state index in [-0.39, 0.29) is 0 Å². The second kappa shape index (κ2) is 5.40. The lowest BCUT2D eigenvalue weighted by Crippen LogP contribution is -1.94. The van der Waals surface area contributed by atoms with Crippen LogP contribution >= 0.6 is 23.2 Å². The number of halogens is 2. The summed E-state index contributed by atoms with van der Waals surface area (Å²) in [4.78, 5) is 0. The van der Waals surface area contributed by atoms with Gasteiger partial charge in [-0.15, -0.1) is 0 Å². The molecule has 96 valence electrons. The highest BCUT2D eigenvalue weighted by atomic mass is 35.5. The zero-order valence-corrected chi connectivity index (χ0v) is 11.6. The molecule has 0 heterocycles. The first-order chi connectivity index (χ1) is 9.01. The molecule has 2 aromatic carbocycles. The van der Waals surface area contributed by atoms with Gasteiger partial charge in [-0.2, -0.15) is 5.26 Å². The third kappa shape index (κ3) is 2.93. The van der Waals surface area contributed by atoms with Crippen molar-refractivity contribution < 1.29 is 4.74 Å². The predicted octanol–water partition coefficient (Wildman–Crippen LogP) is 4.55. The van der Waals surface area contributed by atoms with Gasteiger partial charge in [0.25, 0.3) is 0 Å². The van der Waals surface area contributed by atoms with Gasteiger partial charge in [0.1, 0.15) is 5.75 Å². The highest BCUT2D eigenvalue weighted by molar-refractivity contribution is 6.42. The van der Waals surface area contributed by atoms with Gasteiger partial charge in [-0.3, -0.25) is 0 Å². The number of ether oxygens (including phenoxy) is 1. The molecule has 19 heavy (non-hydrogen) atoms. The van der Waals surface area contributed by atoms with E-state index in [0.29, 0.717) is 32.8 Å². The molecule has 2 aromatic rings. The second-order valence-electron chi connectivity index (χ2n) is 4.00. The molecule has 0 atom stereocenters. The number of aryl methyl sites for hydroxylation is 1. The van der Waals surface area contributed by atoms with Crippen LogP contribution in [-0.2, 0) is 0 Å². The summed E-state index contributed by atoms with van der Waals surface area (Å²) in [5.41, 5.74) is 7.62. The van der Waals surface area contributed by atoms with Crippen LogP contribution in [0.4, 0.5) is 5.69 Å². The number of nitrogen functional groups attached to an aromatic ring is 1. The summed E-state index contributed by atoms with van der Waals surface area (Å²) >= 11 is 11.8. The van der Waals surface area contributed by atoms with Crippen molar-refractivity contribution in [3.05, 3.63) is 51.5 Å². The standard InChI is InChI=1S/C14H10Cl2N2O/c1-8-2-3-9(7-17)4-13(8)19-14-6-11(16)10(15)5-12(14)18/h2-6H,18H2,1H3. The lowest BCUT2D eigenvalue weighted by Gasteiger charge is -2.12. The van der Waals surface area contributed by atoms with Gasteiger partial charge in [0, 0.05) is 6.07 Å². The lowest BCUT2D eigenvalue weighted by molar-refractivity contribution is 0.481. The molecule has 3 nitrogen and oxygen atoms in total. The van der Waals surface area contributed by atoms with E-state index in [1.165, 1.54) is 6.07 Å². The molecule has 2 rings (SSSR count). The molecule has 0 aromatic heterocycles. The number of benzene rings is 2. The fourth-order valence-corrected chi connectivity index (χ4v) is 1.86. The molecule has 0 radical (unpaired) electrons. The van der Waals surface area contributed by atoms with Crippen LogP contribution in [-0.4, -0.2) is 0 Å². The Balaban J connectivity index is 2.42. The molecule has 0 aliphatic rings. The monoisotopic (exact) mass is 292 g/mol. The molecule has 0 aliphatic heterocycles. The minimum absolute atomic E-state index is 0.361. The number of anilines is 1. The van der Waals surface area contributed by atoms with Crippen LogP contribution in [0.2, 0.25) is 10.0 Å². The number of hydrogen-bond donors (Lipinski definition) is 1. The van der Waals surface area contributed by atoms with Crippen LogP contribution in [0.1, 0.15) is 11.1 Å². The van der Waals surface area contributed by atoms with E-state index in [4.69, 9.17) is 38.9 Å². The summed E-state index contributed by atoms with van der Waals surface area (Å²) in [6.07, 6.45) is 0. The van der Waals surface area contributed by atoms with Crippen molar-refractivity contribution in [3.63, 3.8) is 0 Å². The maximum absolute atomic E-state index is 8.89. The zero-order valence-electron chi connectivity index (χ0n) is 10.1. The number of rotatable bonds is 2. The van der Waals surface area contributed by atoms with Gasteiger partial charge in [0.05, 0.1) is 27.4 Å². The summed E-state index contributed by atoms with van der Waals surface area (Å²) in [7, 11) is 0. The Hall–Kier alpha value is -1.89. The largest absolute Gasteiger partial charge is 0.455 e. The van der Waals surface area contributed by atoms with Gasteiger partial charge in [-0.25, -0.2) is 0 Å². The molecule has 0 unspecified atom stereocenters. The summed E-state index contributed by atoms with van der Waals surface area (Å²) in [6, 6.07) is 10.3. The molecule has 2 N–H and O–H groups in total. The maximum Gasteiger partial charge on any atom is 0.151 e. The summed E-state index contributed by atoms with van der Waals surface area (Å²) in [5, 5.41) is 9.62. The minimum atomic E-state index is 0.361. The van der Waals surface area contributed by atoms with Crippen LogP contribution in [0.5, 0.6) is 11.5 Å². The second-order valence-corrected chi connectivity index (χ2v) is 4.81. The molecule has 0 spiro atoms. The van der Waals surface area contributed by atoms with Crippen molar-refractivity contribution in [3.8, 4) is 17.6 Å². The molecule has 0 saturated carbocycles. The van der Waals surface area contributed by atoms with E-state index in [1.54, 1.807) is 18.2 Å². The molecular formula is C14H10Cl2N2O. The van der Waals surface area contributed by atoms with Gasteiger partial charge >= 0.3 is 0 Å². The van der Waals surface area contributed by atoms with Gasteiger partial charge in [-0.05, 0) is 30.7 Å². The Kier molecular flexibility index (Phi) is 3.84. The molecule has 5 heteroatoms. The third-order valence-electron chi connectivity index (χ3n) is 2.59. The van der Waals surface area contributed by atoms with Gasteiger partial charge in [-0.1, -0.05) is 29.3 Å². The number of nitrogens with two attached hydrogens (primary N) is 1. The average molecular weight is 293 g/mol.